The second-order valence-electron chi connectivity index (χ2n) is 3.58. The Morgan fingerprint density at radius 3 is 2.68 bits per heavy atom. The van der Waals surface area contributed by atoms with Gasteiger partial charge in [-0.15, -0.1) is 10.2 Å². The van der Waals surface area contributed by atoms with Gasteiger partial charge in [-0.25, -0.2) is 0 Å². The van der Waals surface area contributed by atoms with Crippen molar-refractivity contribution in [3.63, 3.8) is 0 Å². The minimum absolute atomic E-state index is 0.256. The summed E-state index contributed by atoms with van der Waals surface area (Å²) in [7, 11) is 1.63. The van der Waals surface area contributed by atoms with E-state index < -0.39 is 17.4 Å². The van der Waals surface area contributed by atoms with Crippen LogP contribution in [-0.2, 0) is 12.7 Å². The molecule has 0 aliphatic rings. The van der Waals surface area contributed by atoms with E-state index in [9.17, 15) is 18.0 Å². The lowest BCUT2D eigenvalue weighted by Crippen LogP contribution is -2.27. The summed E-state index contributed by atoms with van der Waals surface area (Å²) in [6.07, 6.45) is -4.59. The van der Waals surface area contributed by atoms with Crippen molar-refractivity contribution in [2.24, 2.45) is 0 Å². The molecule has 0 bridgehead atoms. The third-order valence-corrected chi connectivity index (χ3v) is 3.24. The number of aromatic nitrogens is 3. The standard InChI is InChI=1S/C10H9F3N4OS/c1-14-9-16-15-7(19-9)5-17-6(10(11,12)13)3-2-4-8(17)18/h2-4H,5H2,1H3,(H,14,16). The van der Waals surface area contributed by atoms with Crippen molar-refractivity contribution in [3.05, 3.63) is 39.3 Å². The van der Waals surface area contributed by atoms with E-state index in [0.717, 1.165) is 29.5 Å². The second kappa shape index (κ2) is 5.00. The Kier molecular flexibility index (Phi) is 3.56. The van der Waals surface area contributed by atoms with Gasteiger partial charge in [0.1, 0.15) is 10.7 Å². The lowest BCUT2D eigenvalue weighted by atomic mass is 10.3. The molecule has 2 rings (SSSR count). The molecule has 2 aromatic rings. The minimum atomic E-state index is -4.59. The van der Waals surface area contributed by atoms with E-state index in [1.165, 1.54) is 0 Å². The van der Waals surface area contributed by atoms with Crippen molar-refractivity contribution < 1.29 is 13.2 Å². The molecule has 0 saturated carbocycles. The van der Waals surface area contributed by atoms with Gasteiger partial charge in [0.2, 0.25) is 5.13 Å². The quantitative estimate of drug-likeness (QED) is 0.936. The highest BCUT2D eigenvalue weighted by atomic mass is 32.1. The number of rotatable bonds is 3. The van der Waals surface area contributed by atoms with E-state index in [1.54, 1.807) is 7.05 Å². The third kappa shape index (κ3) is 2.92. The first-order chi connectivity index (χ1) is 8.91. The molecule has 0 atom stereocenters. The van der Waals surface area contributed by atoms with Gasteiger partial charge in [0, 0.05) is 13.1 Å². The van der Waals surface area contributed by atoms with Gasteiger partial charge in [-0.05, 0) is 6.07 Å². The fraction of sp³-hybridized carbons (Fsp3) is 0.300. The van der Waals surface area contributed by atoms with Gasteiger partial charge in [0.25, 0.3) is 5.56 Å². The first-order valence-corrected chi connectivity index (χ1v) is 6.00. The summed E-state index contributed by atoms with van der Waals surface area (Å²) < 4.78 is 39.0. The molecule has 0 spiro atoms. The molecule has 0 saturated heterocycles. The molecule has 9 heteroatoms. The van der Waals surface area contributed by atoms with Crippen molar-refractivity contribution in [2.45, 2.75) is 12.7 Å². The van der Waals surface area contributed by atoms with Crippen LogP contribution in [0.25, 0.3) is 0 Å². The van der Waals surface area contributed by atoms with Crippen molar-refractivity contribution in [1.82, 2.24) is 14.8 Å². The van der Waals surface area contributed by atoms with Crippen LogP contribution in [-0.4, -0.2) is 21.8 Å². The van der Waals surface area contributed by atoms with E-state index in [1.807, 2.05) is 0 Å². The molecule has 19 heavy (non-hydrogen) atoms. The summed E-state index contributed by atoms with van der Waals surface area (Å²) >= 11 is 1.10. The van der Waals surface area contributed by atoms with E-state index in [-0.39, 0.29) is 6.54 Å². The summed E-state index contributed by atoms with van der Waals surface area (Å²) in [4.78, 5) is 11.6. The molecule has 0 fully saturated rings. The summed E-state index contributed by atoms with van der Waals surface area (Å²) in [5.41, 5.74) is -1.72. The van der Waals surface area contributed by atoms with Crippen LogP contribution in [0.3, 0.4) is 0 Å². The van der Waals surface area contributed by atoms with Gasteiger partial charge in [-0.1, -0.05) is 17.4 Å². The molecule has 2 heterocycles. The topological polar surface area (TPSA) is 59.8 Å². The van der Waals surface area contributed by atoms with Gasteiger partial charge < -0.3 is 5.32 Å². The van der Waals surface area contributed by atoms with E-state index >= 15 is 0 Å². The van der Waals surface area contributed by atoms with E-state index in [0.29, 0.717) is 14.7 Å². The molecular formula is C10H9F3N4OS. The van der Waals surface area contributed by atoms with Gasteiger partial charge in [0.15, 0.2) is 0 Å². The lowest BCUT2D eigenvalue weighted by Gasteiger charge is -2.13. The number of pyridine rings is 1. The maximum absolute atomic E-state index is 12.8. The first kappa shape index (κ1) is 13.5. The van der Waals surface area contributed by atoms with Crippen LogP contribution in [0.5, 0.6) is 0 Å². The van der Waals surface area contributed by atoms with Crippen LogP contribution in [0.1, 0.15) is 10.7 Å². The predicted molar refractivity (Wildman–Crippen MR) is 64.3 cm³/mol. The van der Waals surface area contributed by atoms with E-state index in [4.69, 9.17) is 0 Å². The number of hydrogen-bond donors (Lipinski definition) is 1. The second-order valence-corrected chi connectivity index (χ2v) is 4.65. The zero-order chi connectivity index (χ0) is 14.0. The molecule has 2 aromatic heterocycles. The molecule has 0 radical (unpaired) electrons. The number of anilines is 1. The Labute approximate surface area is 109 Å². The Morgan fingerprint density at radius 2 is 2.11 bits per heavy atom. The fourth-order valence-corrected chi connectivity index (χ4v) is 2.17. The van der Waals surface area contributed by atoms with E-state index in [2.05, 4.69) is 15.5 Å². The number of nitrogens with one attached hydrogen (secondary N) is 1. The molecule has 0 amide bonds. The zero-order valence-electron chi connectivity index (χ0n) is 9.73. The molecule has 0 aliphatic heterocycles. The van der Waals surface area contributed by atoms with Crippen LogP contribution in [0.2, 0.25) is 0 Å². The van der Waals surface area contributed by atoms with Crippen LogP contribution in [0, 0.1) is 0 Å². The van der Waals surface area contributed by atoms with Gasteiger partial charge >= 0.3 is 6.18 Å². The Morgan fingerprint density at radius 1 is 1.37 bits per heavy atom. The number of alkyl halides is 3. The highest BCUT2D eigenvalue weighted by molar-refractivity contribution is 7.15. The van der Waals surface area contributed by atoms with Crippen molar-refractivity contribution in [2.75, 3.05) is 12.4 Å². The maximum Gasteiger partial charge on any atom is 0.431 e. The molecule has 0 aromatic carbocycles. The highest BCUT2D eigenvalue weighted by Crippen LogP contribution is 2.28. The third-order valence-electron chi connectivity index (χ3n) is 2.31. The normalized spacial score (nSPS) is 11.6. The Bertz CT molecular complexity index is 634. The van der Waals surface area contributed by atoms with Crippen molar-refractivity contribution >= 4 is 16.5 Å². The zero-order valence-corrected chi connectivity index (χ0v) is 10.5. The lowest BCUT2D eigenvalue weighted by molar-refractivity contribution is -0.144. The Hall–Kier alpha value is -1.90. The molecular weight excluding hydrogens is 281 g/mol. The summed E-state index contributed by atoms with van der Waals surface area (Å²) in [6, 6.07) is 3.03. The summed E-state index contributed by atoms with van der Waals surface area (Å²) in [5, 5.41) is 11.0. The van der Waals surface area contributed by atoms with Gasteiger partial charge in [0.05, 0.1) is 6.54 Å². The van der Waals surface area contributed by atoms with Crippen molar-refractivity contribution in [1.29, 1.82) is 0 Å². The number of hydrogen-bond acceptors (Lipinski definition) is 5. The van der Waals surface area contributed by atoms with Crippen LogP contribution < -0.4 is 10.9 Å². The van der Waals surface area contributed by atoms with Crippen LogP contribution >= 0.6 is 11.3 Å². The summed E-state index contributed by atoms with van der Waals surface area (Å²) in [5.74, 6) is 0. The molecule has 1 N–H and O–H groups in total. The van der Waals surface area contributed by atoms with Gasteiger partial charge in [-0.3, -0.25) is 9.36 Å². The fourth-order valence-electron chi connectivity index (χ4n) is 1.48. The minimum Gasteiger partial charge on any atom is -0.363 e. The molecule has 5 nitrogen and oxygen atoms in total. The molecule has 0 aliphatic carbocycles. The number of nitrogens with zero attached hydrogens (tertiary/aromatic N) is 3. The molecule has 0 unspecified atom stereocenters. The number of halogens is 3. The van der Waals surface area contributed by atoms with Crippen LogP contribution in [0.15, 0.2) is 23.0 Å². The smallest absolute Gasteiger partial charge is 0.363 e. The largest absolute Gasteiger partial charge is 0.431 e. The molecule has 102 valence electrons. The monoisotopic (exact) mass is 290 g/mol. The summed E-state index contributed by atoms with van der Waals surface area (Å²) in [6.45, 7) is -0.256. The Balaban J connectivity index is 2.42. The average molecular weight is 290 g/mol. The maximum atomic E-state index is 12.8. The van der Waals surface area contributed by atoms with Crippen molar-refractivity contribution in [3.8, 4) is 0 Å². The predicted octanol–water partition coefficient (Wildman–Crippen LogP) is 1.81. The average Bonchev–Trinajstić information content (AvgIpc) is 2.78. The van der Waals surface area contributed by atoms with Gasteiger partial charge in [-0.2, -0.15) is 13.2 Å². The SMILES string of the molecule is CNc1nnc(Cn2c(C(F)(F)F)cccc2=O)s1. The highest BCUT2D eigenvalue weighted by Gasteiger charge is 2.34. The first-order valence-electron chi connectivity index (χ1n) is 5.19. The van der Waals surface area contributed by atoms with Crippen LogP contribution in [0.4, 0.5) is 18.3 Å².